The van der Waals surface area contributed by atoms with Crippen LogP contribution in [0.4, 0.5) is 0 Å². The number of rotatable bonds is 7. The fourth-order valence-electron chi connectivity index (χ4n) is 8.18. The normalized spacial score (nSPS) is 31.0. The summed E-state index contributed by atoms with van der Waals surface area (Å²) in [4.78, 5) is 68.9. The van der Waals surface area contributed by atoms with Crippen molar-refractivity contribution in [2.75, 3.05) is 0 Å². The van der Waals surface area contributed by atoms with Gasteiger partial charge >= 0.3 is 0 Å². The Morgan fingerprint density at radius 3 is 2.46 bits per heavy atom. The van der Waals surface area contributed by atoms with Gasteiger partial charge in [0, 0.05) is 18.2 Å². The number of thiazole rings is 1. The SMILES string of the molecule is O=C1CCC(N2C(=O)c3cccc(OCc4csc(C(=O)CC56CC7CC(CC(C7)C5)C6)n4)c3C2=O)C(=O)N1. The van der Waals surface area contributed by atoms with Crippen molar-refractivity contribution < 1.29 is 28.7 Å². The third kappa shape index (κ3) is 4.20. The summed E-state index contributed by atoms with van der Waals surface area (Å²) < 4.78 is 5.94. The number of ether oxygens (including phenoxy) is 1. The highest BCUT2D eigenvalue weighted by Crippen LogP contribution is 2.61. The predicted molar refractivity (Wildman–Crippen MR) is 139 cm³/mol. The molecule has 2 aliphatic heterocycles. The third-order valence-electron chi connectivity index (χ3n) is 9.30. The number of amides is 4. The van der Waals surface area contributed by atoms with Gasteiger partial charge in [0.05, 0.1) is 16.8 Å². The molecule has 4 aliphatic carbocycles. The summed E-state index contributed by atoms with van der Waals surface area (Å²) in [6.45, 7) is 0.0392. The number of carbonyl (C=O) groups is 5. The van der Waals surface area contributed by atoms with Gasteiger partial charge in [-0.1, -0.05) is 6.07 Å². The summed E-state index contributed by atoms with van der Waals surface area (Å²) in [5, 5.41) is 4.50. The molecule has 0 spiro atoms. The minimum atomic E-state index is -1.04. The highest BCUT2D eigenvalue weighted by molar-refractivity contribution is 7.11. The van der Waals surface area contributed by atoms with Crippen LogP contribution in [0, 0.1) is 23.2 Å². The van der Waals surface area contributed by atoms with Crippen molar-refractivity contribution in [2.24, 2.45) is 23.2 Å². The lowest BCUT2D eigenvalue weighted by atomic mass is 9.48. The first-order chi connectivity index (χ1) is 18.8. The minimum absolute atomic E-state index is 0.0392. The van der Waals surface area contributed by atoms with Gasteiger partial charge in [0.1, 0.15) is 18.4 Å². The highest BCUT2D eigenvalue weighted by Gasteiger charge is 2.51. The van der Waals surface area contributed by atoms with Crippen LogP contribution in [0.15, 0.2) is 23.6 Å². The quantitative estimate of drug-likeness (QED) is 0.412. The van der Waals surface area contributed by atoms with Crippen LogP contribution in [0.1, 0.15) is 94.0 Å². The zero-order valence-corrected chi connectivity index (χ0v) is 22.3. The molecule has 8 rings (SSSR count). The number of Topliss-reactive ketones (excluding diaryl/α,β-unsaturated/α-hetero) is 1. The second kappa shape index (κ2) is 9.08. The number of piperidine rings is 1. The monoisotopic (exact) mass is 547 g/mol. The first-order valence-electron chi connectivity index (χ1n) is 13.7. The molecule has 1 atom stereocenters. The smallest absolute Gasteiger partial charge is 0.266 e. The van der Waals surface area contributed by atoms with E-state index in [4.69, 9.17) is 4.74 Å². The van der Waals surface area contributed by atoms with Crippen molar-refractivity contribution in [2.45, 2.75) is 70.4 Å². The number of aromatic nitrogens is 1. The van der Waals surface area contributed by atoms with E-state index in [1.807, 2.05) is 0 Å². The average molecular weight is 548 g/mol. The average Bonchev–Trinajstić information content (AvgIpc) is 3.45. The molecule has 4 amide bonds. The molecule has 2 aromatic rings. The van der Waals surface area contributed by atoms with Gasteiger partial charge < -0.3 is 4.74 Å². The van der Waals surface area contributed by atoms with Crippen molar-refractivity contribution in [1.29, 1.82) is 0 Å². The molecule has 1 saturated heterocycles. The van der Waals surface area contributed by atoms with Gasteiger partial charge in [0.15, 0.2) is 10.8 Å². The summed E-state index contributed by atoms with van der Waals surface area (Å²) in [6, 6.07) is 3.71. The minimum Gasteiger partial charge on any atom is -0.486 e. The number of nitrogens with zero attached hydrogens (tertiary/aromatic N) is 2. The second-order valence-electron chi connectivity index (χ2n) is 12.1. The molecule has 1 aromatic heterocycles. The number of ketones is 1. The molecular weight excluding hydrogens is 518 g/mol. The van der Waals surface area contributed by atoms with E-state index in [0.717, 1.165) is 22.7 Å². The summed E-state index contributed by atoms with van der Waals surface area (Å²) in [5.74, 6) is 0.412. The predicted octanol–water partition coefficient (Wildman–Crippen LogP) is 3.91. The number of benzene rings is 1. The zero-order valence-electron chi connectivity index (χ0n) is 21.4. The van der Waals surface area contributed by atoms with E-state index >= 15 is 0 Å². The van der Waals surface area contributed by atoms with Crippen LogP contribution in [0.25, 0.3) is 0 Å². The van der Waals surface area contributed by atoms with Gasteiger partial charge in [-0.2, -0.15) is 0 Å². The van der Waals surface area contributed by atoms with E-state index in [1.54, 1.807) is 17.5 Å². The number of nitrogens with one attached hydrogen (secondary N) is 1. The van der Waals surface area contributed by atoms with Gasteiger partial charge in [0.25, 0.3) is 11.8 Å². The van der Waals surface area contributed by atoms with Crippen LogP contribution < -0.4 is 10.1 Å². The van der Waals surface area contributed by atoms with Gasteiger partial charge in [-0.3, -0.25) is 34.2 Å². The molecule has 6 aliphatic rings. The Hall–Kier alpha value is -3.40. The third-order valence-corrected chi connectivity index (χ3v) is 10.2. The lowest BCUT2D eigenvalue weighted by Crippen LogP contribution is -2.54. The Labute approximate surface area is 229 Å². The largest absolute Gasteiger partial charge is 0.486 e. The molecule has 0 radical (unpaired) electrons. The Morgan fingerprint density at radius 1 is 1.05 bits per heavy atom. The highest BCUT2D eigenvalue weighted by atomic mass is 32.1. The van der Waals surface area contributed by atoms with Crippen molar-refractivity contribution in [3.8, 4) is 5.75 Å². The maximum atomic E-state index is 13.3. The second-order valence-corrected chi connectivity index (χ2v) is 12.9. The van der Waals surface area contributed by atoms with E-state index in [0.29, 0.717) is 17.1 Å². The molecule has 202 valence electrons. The number of fused-ring (bicyclic) bond motifs is 1. The molecule has 5 fully saturated rings. The molecule has 1 unspecified atom stereocenters. The maximum absolute atomic E-state index is 13.3. The van der Waals surface area contributed by atoms with Crippen molar-refractivity contribution >= 4 is 40.7 Å². The van der Waals surface area contributed by atoms with Crippen LogP contribution in [-0.4, -0.2) is 45.3 Å². The van der Waals surface area contributed by atoms with E-state index in [-0.39, 0.29) is 47.5 Å². The first kappa shape index (κ1) is 24.6. The fourth-order valence-corrected chi connectivity index (χ4v) is 8.92. The molecule has 4 bridgehead atoms. The van der Waals surface area contributed by atoms with E-state index in [2.05, 4.69) is 10.3 Å². The maximum Gasteiger partial charge on any atom is 0.266 e. The Balaban J connectivity index is 1.03. The summed E-state index contributed by atoms with van der Waals surface area (Å²) in [5.41, 5.74) is 0.998. The van der Waals surface area contributed by atoms with Gasteiger partial charge in [0.2, 0.25) is 11.8 Å². The van der Waals surface area contributed by atoms with Crippen molar-refractivity contribution in [1.82, 2.24) is 15.2 Å². The Kier molecular flexibility index (Phi) is 5.73. The van der Waals surface area contributed by atoms with E-state index in [9.17, 15) is 24.0 Å². The molecule has 3 heterocycles. The number of hydrogen-bond acceptors (Lipinski definition) is 8. The molecule has 1 N–H and O–H groups in total. The molecular formula is C29H29N3O6S. The van der Waals surface area contributed by atoms with Gasteiger partial charge in [-0.15, -0.1) is 11.3 Å². The lowest BCUT2D eigenvalue weighted by Gasteiger charge is -2.56. The van der Waals surface area contributed by atoms with Crippen molar-refractivity contribution in [3.05, 3.63) is 45.4 Å². The summed E-state index contributed by atoms with van der Waals surface area (Å²) in [6.07, 6.45) is 8.27. The van der Waals surface area contributed by atoms with Crippen LogP contribution in [0.5, 0.6) is 5.75 Å². The fraction of sp³-hybridized carbons (Fsp3) is 0.517. The summed E-state index contributed by atoms with van der Waals surface area (Å²) >= 11 is 1.33. The molecule has 10 heteroatoms. The molecule has 9 nitrogen and oxygen atoms in total. The topological polar surface area (TPSA) is 123 Å². The van der Waals surface area contributed by atoms with E-state index < -0.39 is 29.7 Å². The van der Waals surface area contributed by atoms with Gasteiger partial charge in [-0.25, -0.2) is 4.98 Å². The Bertz CT molecular complexity index is 1390. The number of imide groups is 2. The number of hydrogen-bond donors (Lipinski definition) is 1. The van der Waals surface area contributed by atoms with Crippen molar-refractivity contribution in [3.63, 3.8) is 0 Å². The summed E-state index contributed by atoms with van der Waals surface area (Å²) in [7, 11) is 0. The standard InChI is InChI=1S/C29H29N3O6S/c33-21(12-29-9-15-6-16(10-29)8-17(7-15)11-29)26-30-18(14-39-26)13-38-22-3-1-2-19-24(22)28(37)32(27(19)36)20-4-5-23(34)31-25(20)35/h1-3,14-17,20H,4-13H2,(H,31,34,35). The van der Waals surface area contributed by atoms with Gasteiger partial charge in [-0.05, 0) is 80.2 Å². The van der Waals surface area contributed by atoms with E-state index in [1.165, 1.54) is 55.9 Å². The molecule has 1 aromatic carbocycles. The van der Waals surface area contributed by atoms with Crippen LogP contribution in [0.3, 0.4) is 0 Å². The number of carbonyl (C=O) groups excluding carboxylic acids is 5. The lowest BCUT2D eigenvalue weighted by molar-refractivity contribution is -0.136. The first-order valence-corrected chi connectivity index (χ1v) is 14.6. The molecule has 39 heavy (non-hydrogen) atoms. The van der Waals surface area contributed by atoms with Crippen LogP contribution in [0.2, 0.25) is 0 Å². The molecule has 4 saturated carbocycles. The van der Waals surface area contributed by atoms with Crippen LogP contribution in [-0.2, 0) is 16.2 Å². The zero-order chi connectivity index (χ0) is 26.9. The Morgan fingerprint density at radius 2 is 1.77 bits per heavy atom. The van der Waals surface area contributed by atoms with Crippen LogP contribution >= 0.6 is 11.3 Å².